The number of hydrazone groups is 1. The predicted octanol–water partition coefficient (Wildman–Crippen LogP) is 3.60. The molecular formula is C27H20N6O3S2. The van der Waals surface area contributed by atoms with Gasteiger partial charge in [0.25, 0.3) is 5.91 Å². The molecule has 11 heteroatoms. The summed E-state index contributed by atoms with van der Waals surface area (Å²) in [4.78, 5) is 15.0. The van der Waals surface area contributed by atoms with Crippen molar-refractivity contribution in [2.75, 3.05) is 10.2 Å². The van der Waals surface area contributed by atoms with Gasteiger partial charge in [-0.05, 0) is 71.0 Å². The maximum absolute atomic E-state index is 13.5. The van der Waals surface area contributed by atoms with Crippen LogP contribution in [0.4, 0.5) is 11.4 Å². The van der Waals surface area contributed by atoms with Gasteiger partial charge < -0.3 is 10.2 Å². The molecule has 0 saturated carbocycles. The summed E-state index contributed by atoms with van der Waals surface area (Å²) in [6.45, 7) is 0.310. The van der Waals surface area contributed by atoms with Crippen molar-refractivity contribution in [2.24, 2.45) is 10.2 Å². The molecule has 4 aromatic carbocycles. The first-order chi connectivity index (χ1) is 18.2. The Morgan fingerprint density at radius 2 is 1.79 bits per heavy atom. The van der Waals surface area contributed by atoms with E-state index in [1.54, 1.807) is 29.2 Å². The summed E-state index contributed by atoms with van der Waals surface area (Å²) in [7, 11) is -3.89. The number of carbonyl (C=O) groups is 1. The zero-order valence-corrected chi connectivity index (χ0v) is 21.4. The van der Waals surface area contributed by atoms with Crippen molar-refractivity contribution in [2.45, 2.75) is 11.4 Å². The van der Waals surface area contributed by atoms with E-state index >= 15 is 0 Å². The van der Waals surface area contributed by atoms with E-state index in [1.165, 1.54) is 18.2 Å². The predicted molar refractivity (Wildman–Crippen MR) is 150 cm³/mol. The second-order valence-corrected chi connectivity index (χ2v) is 10.5. The quantitative estimate of drug-likeness (QED) is 0.259. The lowest BCUT2D eigenvalue weighted by Gasteiger charge is -2.17. The third kappa shape index (κ3) is 5.09. The van der Waals surface area contributed by atoms with Gasteiger partial charge in [0.2, 0.25) is 10.0 Å². The van der Waals surface area contributed by atoms with Crippen molar-refractivity contribution in [3.63, 3.8) is 0 Å². The van der Waals surface area contributed by atoms with Gasteiger partial charge in [0.05, 0.1) is 28.8 Å². The number of benzene rings is 4. The number of fused-ring (bicyclic) bond motifs is 2. The van der Waals surface area contributed by atoms with E-state index in [2.05, 4.69) is 21.9 Å². The molecule has 0 unspecified atom stereocenters. The van der Waals surface area contributed by atoms with E-state index in [-0.39, 0.29) is 21.6 Å². The van der Waals surface area contributed by atoms with Crippen LogP contribution < -0.4 is 20.8 Å². The summed E-state index contributed by atoms with van der Waals surface area (Å²) in [6, 6.07) is 26.9. The lowest BCUT2D eigenvalue weighted by atomic mass is 10.1. The summed E-state index contributed by atoms with van der Waals surface area (Å²) in [5.41, 5.74) is 5.57. The number of nitriles is 1. The number of anilines is 2. The average Bonchev–Trinajstić information content (AvgIpc) is 3.16. The molecule has 0 saturated heterocycles. The van der Waals surface area contributed by atoms with Gasteiger partial charge >= 0.3 is 0 Å². The van der Waals surface area contributed by atoms with Crippen LogP contribution in [0.5, 0.6) is 0 Å². The highest BCUT2D eigenvalue weighted by Crippen LogP contribution is 2.32. The molecule has 38 heavy (non-hydrogen) atoms. The molecule has 4 aromatic rings. The van der Waals surface area contributed by atoms with Crippen LogP contribution in [0.25, 0.3) is 10.8 Å². The van der Waals surface area contributed by atoms with Crippen molar-refractivity contribution < 1.29 is 13.2 Å². The summed E-state index contributed by atoms with van der Waals surface area (Å²) >= 11 is 5.29. The second-order valence-electron chi connectivity index (χ2n) is 8.52. The maximum Gasteiger partial charge on any atom is 0.279 e. The van der Waals surface area contributed by atoms with Crippen LogP contribution in [0.2, 0.25) is 0 Å². The Hall–Kier alpha value is -4.63. The van der Waals surface area contributed by atoms with Gasteiger partial charge in [-0.25, -0.2) is 13.6 Å². The third-order valence-corrected chi connectivity index (χ3v) is 7.07. The Labute approximate surface area is 224 Å². The number of sulfonamides is 1. The summed E-state index contributed by atoms with van der Waals surface area (Å²) in [5, 5.41) is 23.9. The van der Waals surface area contributed by atoms with E-state index in [4.69, 9.17) is 17.4 Å². The smallest absolute Gasteiger partial charge is 0.279 e. The van der Waals surface area contributed by atoms with Gasteiger partial charge in [0, 0.05) is 11.3 Å². The minimum Gasteiger partial charge on any atom is -0.331 e. The molecule has 0 aliphatic carbocycles. The summed E-state index contributed by atoms with van der Waals surface area (Å²) < 4.78 is 23.2. The Kier molecular flexibility index (Phi) is 6.61. The van der Waals surface area contributed by atoms with Gasteiger partial charge in [0.15, 0.2) is 10.8 Å². The molecule has 1 amide bonds. The molecule has 0 bridgehead atoms. The highest BCUT2D eigenvalue weighted by atomic mass is 32.2. The Balaban J connectivity index is 1.41. The van der Waals surface area contributed by atoms with Crippen LogP contribution >= 0.6 is 12.2 Å². The lowest BCUT2D eigenvalue weighted by Crippen LogP contribution is -2.32. The second kappa shape index (κ2) is 10.0. The molecule has 9 nitrogen and oxygen atoms in total. The fraction of sp³-hybridized carbons (Fsp3) is 0.0370. The molecule has 5 rings (SSSR count). The van der Waals surface area contributed by atoms with Gasteiger partial charge in [-0.15, -0.1) is 0 Å². The fourth-order valence-corrected chi connectivity index (χ4v) is 4.91. The van der Waals surface area contributed by atoms with Crippen LogP contribution in [-0.2, 0) is 21.4 Å². The molecule has 1 heterocycles. The van der Waals surface area contributed by atoms with Crippen molar-refractivity contribution in [3.05, 3.63) is 102 Å². The third-order valence-electron chi connectivity index (χ3n) is 5.96. The molecular weight excluding hydrogens is 520 g/mol. The molecule has 1 aliphatic rings. The number of amides is 1. The van der Waals surface area contributed by atoms with E-state index in [0.29, 0.717) is 29.0 Å². The number of hydrogen-bond acceptors (Lipinski definition) is 6. The largest absolute Gasteiger partial charge is 0.331 e. The zero-order chi connectivity index (χ0) is 26.9. The first-order valence-corrected chi connectivity index (χ1v) is 13.3. The van der Waals surface area contributed by atoms with Crippen LogP contribution in [0.15, 0.2) is 94.9 Å². The van der Waals surface area contributed by atoms with Crippen LogP contribution in [0.3, 0.4) is 0 Å². The van der Waals surface area contributed by atoms with E-state index in [0.717, 1.165) is 16.3 Å². The summed E-state index contributed by atoms with van der Waals surface area (Å²) in [5.74, 6) is -0.352. The first-order valence-electron chi connectivity index (χ1n) is 11.3. The minimum atomic E-state index is -3.89. The standard InChI is InChI=1S/C27H20N6O3S2/c28-15-17-9-11-24-23(13-17)25(31-32-27(37)30-21-6-3-7-22(14-21)38(29,35)36)26(34)33(24)16-18-8-10-19-4-1-2-5-20(19)12-18/h1-14H,16H2,(H2,29,35,36)(H2,30,32,37). The van der Waals surface area contributed by atoms with Crippen molar-refractivity contribution in [3.8, 4) is 6.07 Å². The molecule has 188 valence electrons. The number of primary sulfonamides is 1. The Bertz CT molecular complexity index is 1790. The number of nitrogens with one attached hydrogen (secondary N) is 2. The van der Waals surface area contributed by atoms with Gasteiger partial charge in [0.1, 0.15) is 0 Å². The normalized spacial score (nSPS) is 13.8. The zero-order valence-electron chi connectivity index (χ0n) is 19.8. The topological polar surface area (TPSA) is 141 Å². The van der Waals surface area contributed by atoms with Crippen molar-refractivity contribution >= 4 is 61.1 Å². The molecule has 0 radical (unpaired) electrons. The van der Waals surface area contributed by atoms with E-state index in [1.807, 2.05) is 42.5 Å². The van der Waals surface area contributed by atoms with Gasteiger partial charge in [-0.3, -0.25) is 10.2 Å². The molecule has 0 aromatic heterocycles. The monoisotopic (exact) mass is 540 g/mol. The van der Waals surface area contributed by atoms with Crippen molar-refractivity contribution in [1.82, 2.24) is 5.43 Å². The van der Waals surface area contributed by atoms with Crippen molar-refractivity contribution in [1.29, 1.82) is 5.26 Å². The van der Waals surface area contributed by atoms with Gasteiger partial charge in [-0.2, -0.15) is 10.4 Å². The summed E-state index contributed by atoms with van der Waals surface area (Å²) in [6.07, 6.45) is 0. The highest BCUT2D eigenvalue weighted by molar-refractivity contribution is 7.89. The van der Waals surface area contributed by atoms with Crippen LogP contribution in [0, 0.1) is 11.3 Å². The van der Waals surface area contributed by atoms with E-state index in [9.17, 15) is 18.5 Å². The minimum absolute atomic E-state index is 0.0304. The number of nitrogens with two attached hydrogens (primary N) is 1. The Morgan fingerprint density at radius 1 is 1.00 bits per heavy atom. The maximum atomic E-state index is 13.5. The van der Waals surface area contributed by atoms with Crippen LogP contribution in [-0.4, -0.2) is 25.1 Å². The van der Waals surface area contributed by atoms with Crippen LogP contribution in [0.1, 0.15) is 16.7 Å². The molecule has 0 fully saturated rings. The molecule has 1 aliphatic heterocycles. The number of hydrogen-bond donors (Lipinski definition) is 3. The molecule has 0 atom stereocenters. The molecule has 4 N–H and O–H groups in total. The lowest BCUT2D eigenvalue weighted by molar-refractivity contribution is -0.112. The Morgan fingerprint density at radius 3 is 2.55 bits per heavy atom. The number of rotatable bonds is 5. The number of nitrogens with zero attached hydrogens (tertiary/aromatic N) is 3. The first kappa shape index (κ1) is 25.0. The average molecular weight is 541 g/mol. The highest BCUT2D eigenvalue weighted by Gasteiger charge is 2.34. The number of carbonyl (C=O) groups excluding carboxylic acids is 1. The molecule has 0 spiro atoms. The fourth-order valence-electron chi connectivity index (χ4n) is 4.18. The van der Waals surface area contributed by atoms with E-state index < -0.39 is 10.0 Å². The van der Waals surface area contributed by atoms with Gasteiger partial charge in [-0.1, -0.05) is 42.5 Å². The number of thiocarbonyl (C=S) groups is 1. The SMILES string of the molecule is N#Cc1ccc2c(c1)C(=NNC(=S)Nc1cccc(S(N)(=O)=O)c1)C(=O)N2Cc1ccc2ccccc2c1.